The predicted octanol–water partition coefficient (Wildman–Crippen LogP) is 2.27. The molecule has 0 radical (unpaired) electrons. The Morgan fingerprint density at radius 1 is 1.41 bits per heavy atom. The SMILES string of the molecule is Cc1nn(-c2ccc(Cl)cc2)cc1C(=O)N(C)[C@H]1CCNC1. The molecule has 1 fully saturated rings. The fraction of sp³-hybridized carbons (Fsp3) is 0.375. The number of amides is 1. The molecular formula is C16H19ClN4O. The quantitative estimate of drug-likeness (QED) is 0.944. The summed E-state index contributed by atoms with van der Waals surface area (Å²) in [4.78, 5) is 14.5. The molecule has 0 bridgehead atoms. The smallest absolute Gasteiger partial charge is 0.257 e. The number of rotatable bonds is 3. The highest BCUT2D eigenvalue weighted by molar-refractivity contribution is 6.30. The Morgan fingerprint density at radius 3 is 2.77 bits per heavy atom. The minimum atomic E-state index is 0.0198. The predicted molar refractivity (Wildman–Crippen MR) is 86.7 cm³/mol. The van der Waals surface area contributed by atoms with Gasteiger partial charge in [0, 0.05) is 30.9 Å². The average Bonchev–Trinajstić information content (AvgIpc) is 3.16. The highest BCUT2D eigenvalue weighted by Gasteiger charge is 2.26. The fourth-order valence-electron chi connectivity index (χ4n) is 2.72. The van der Waals surface area contributed by atoms with E-state index in [-0.39, 0.29) is 11.9 Å². The van der Waals surface area contributed by atoms with Crippen LogP contribution in [-0.2, 0) is 0 Å². The van der Waals surface area contributed by atoms with Crippen molar-refractivity contribution in [2.45, 2.75) is 19.4 Å². The van der Waals surface area contributed by atoms with E-state index < -0.39 is 0 Å². The van der Waals surface area contributed by atoms with Crippen LogP contribution in [0.5, 0.6) is 0 Å². The minimum absolute atomic E-state index is 0.0198. The third kappa shape index (κ3) is 2.87. The highest BCUT2D eigenvalue weighted by atomic mass is 35.5. The van der Waals surface area contributed by atoms with E-state index in [1.165, 1.54) is 0 Å². The van der Waals surface area contributed by atoms with Crippen molar-refractivity contribution in [2.24, 2.45) is 0 Å². The number of nitrogens with one attached hydrogen (secondary N) is 1. The van der Waals surface area contributed by atoms with Crippen LogP contribution in [0.25, 0.3) is 5.69 Å². The van der Waals surface area contributed by atoms with Gasteiger partial charge in [0.25, 0.3) is 5.91 Å². The number of carbonyl (C=O) groups is 1. The molecule has 3 rings (SSSR count). The van der Waals surface area contributed by atoms with Gasteiger partial charge in [-0.2, -0.15) is 5.10 Å². The normalized spacial score (nSPS) is 17.7. The van der Waals surface area contributed by atoms with Crippen LogP contribution in [0.2, 0.25) is 5.02 Å². The molecule has 6 heteroatoms. The van der Waals surface area contributed by atoms with Gasteiger partial charge in [0.1, 0.15) is 0 Å². The number of nitrogens with zero attached hydrogens (tertiary/aromatic N) is 3. The fourth-order valence-corrected chi connectivity index (χ4v) is 2.85. The summed E-state index contributed by atoms with van der Waals surface area (Å²) in [5.41, 5.74) is 2.26. The summed E-state index contributed by atoms with van der Waals surface area (Å²) in [6.45, 7) is 3.68. The van der Waals surface area contributed by atoms with Crippen molar-refractivity contribution in [3.63, 3.8) is 0 Å². The topological polar surface area (TPSA) is 50.2 Å². The first-order chi connectivity index (χ1) is 10.6. The number of hydrogen-bond acceptors (Lipinski definition) is 3. The van der Waals surface area contributed by atoms with Crippen molar-refractivity contribution in [1.29, 1.82) is 0 Å². The van der Waals surface area contributed by atoms with Crippen molar-refractivity contribution in [3.8, 4) is 5.69 Å². The molecule has 1 aliphatic heterocycles. The van der Waals surface area contributed by atoms with E-state index in [9.17, 15) is 4.79 Å². The van der Waals surface area contributed by atoms with E-state index in [2.05, 4.69) is 10.4 Å². The third-order valence-corrected chi connectivity index (χ3v) is 4.37. The van der Waals surface area contributed by atoms with Crippen molar-refractivity contribution in [1.82, 2.24) is 20.0 Å². The van der Waals surface area contributed by atoms with Crippen LogP contribution in [0.3, 0.4) is 0 Å². The molecule has 2 heterocycles. The lowest BCUT2D eigenvalue weighted by Gasteiger charge is -2.23. The molecule has 116 valence electrons. The van der Waals surface area contributed by atoms with Gasteiger partial charge < -0.3 is 10.2 Å². The summed E-state index contributed by atoms with van der Waals surface area (Å²) in [7, 11) is 1.86. The zero-order chi connectivity index (χ0) is 15.7. The third-order valence-electron chi connectivity index (χ3n) is 4.12. The van der Waals surface area contributed by atoms with Crippen LogP contribution in [0.15, 0.2) is 30.5 Å². The maximum atomic E-state index is 12.7. The van der Waals surface area contributed by atoms with Crippen LogP contribution >= 0.6 is 11.6 Å². The number of benzene rings is 1. The number of likely N-dealkylation sites (N-methyl/N-ethyl adjacent to an activating group) is 1. The second-order valence-corrected chi connectivity index (χ2v) is 6.05. The molecule has 2 aromatic rings. The van der Waals surface area contributed by atoms with Crippen LogP contribution in [0, 0.1) is 6.92 Å². The number of aryl methyl sites for hydroxylation is 1. The summed E-state index contributed by atoms with van der Waals surface area (Å²) < 4.78 is 1.72. The monoisotopic (exact) mass is 318 g/mol. The van der Waals surface area contributed by atoms with Gasteiger partial charge in [0.2, 0.25) is 0 Å². The Morgan fingerprint density at radius 2 is 2.14 bits per heavy atom. The first-order valence-corrected chi connectivity index (χ1v) is 7.74. The van der Waals surface area contributed by atoms with Gasteiger partial charge in [-0.25, -0.2) is 4.68 Å². The van der Waals surface area contributed by atoms with Gasteiger partial charge in [-0.15, -0.1) is 0 Å². The number of hydrogen-bond donors (Lipinski definition) is 1. The van der Waals surface area contributed by atoms with Gasteiger partial charge in [0.15, 0.2) is 0 Å². The van der Waals surface area contributed by atoms with Crippen molar-refractivity contribution in [3.05, 3.63) is 46.7 Å². The standard InChI is InChI=1S/C16H19ClN4O/c1-11-15(16(22)20(2)14-7-8-18-9-14)10-21(19-11)13-5-3-12(17)4-6-13/h3-6,10,14,18H,7-9H2,1-2H3/t14-/m0/s1. The van der Waals surface area contributed by atoms with Crippen LogP contribution in [0.4, 0.5) is 0 Å². The summed E-state index contributed by atoms with van der Waals surface area (Å²) in [5.74, 6) is 0.0198. The molecule has 1 aliphatic rings. The Kier molecular flexibility index (Phi) is 4.18. The zero-order valence-electron chi connectivity index (χ0n) is 12.7. The summed E-state index contributed by atoms with van der Waals surface area (Å²) in [5, 5.41) is 8.41. The molecule has 0 unspecified atom stereocenters. The first-order valence-electron chi connectivity index (χ1n) is 7.36. The number of aromatic nitrogens is 2. The largest absolute Gasteiger partial charge is 0.337 e. The lowest BCUT2D eigenvalue weighted by molar-refractivity contribution is 0.0743. The van der Waals surface area contributed by atoms with Crippen molar-refractivity contribution >= 4 is 17.5 Å². The molecule has 22 heavy (non-hydrogen) atoms. The van der Waals surface area contributed by atoms with Gasteiger partial charge in [0.05, 0.1) is 16.9 Å². The van der Waals surface area contributed by atoms with Crippen molar-refractivity contribution < 1.29 is 4.79 Å². The van der Waals surface area contributed by atoms with E-state index in [0.29, 0.717) is 10.6 Å². The molecule has 0 saturated carbocycles. The van der Waals surface area contributed by atoms with E-state index in [4.69, 9.17) is 11.6 Å². The molecule has 1 amide bonds. The molecule has 1 N–H and O–H groups in total. The molecule has 1 saturated heterocycles. The summed E-state index contributed by atoms with van der Waals surface area (Å²) in [6.07, 6.45) is 2.78. The highest BCUT2D eigenvalue weighted by Crippen LogP contribution is 2.18. The lowest BCUT2D eigenvalue weighted by Crippen LogP contribution is -2.38. The molecule has 1 atom stereocenters. The Bertz CT molecular complexity index is 674. The minimum Gasteiger partial charge on any atom is -0.337 e. The number of halogens is 1. The van der Waals surface area contributed by atoms with Gasteiger partial charge in [-0.3, -0.25) is 4.79 Å². The van der Waals surface area contributed by atoms with Crippen molar-refractivity contribution in [2.75, 3.05) is 20.1 Å². The number of carbonyl (C=O) groups excluding carboxylic acids is 1. The summed E-state index contributed by atoms with van der Waals surface area (Å²) >= 11 is 5.90. The zero-order valence-corrected chi connectivity index (χ0v) is 13.5. The lowest BCUT2D eigenvalue weighted by atomic mass is 10.2. The van der Waals surface area contributed by atoms with Crippen LogP contribution in [0.1, 0.15) is 22.5 Å². The second-order valence-electron chi connectivity index (χ2n) is 5.61. The maximum Gasteiger partial charge on any atom is 0.257 e. The Hall–Kier alpha value is -1.85. The molecule has 1 aromatic heterocycles. The van der Waals surface area contributed by atoms with Gasteiger partial charge in [-0.05, 0) is 44.2 Å². The molecule has 1 aromatic carbocycles. The Labute approximate surface area is 134 Å². The Balaban J connectivity index is 1.85. The molecular weight excluding hydrogens is 300 g/mol. The van der Waals surface area contributed by atoms with Gasteiger partial charge >= 0.3 is 0 Å². The molecule has 0 aliphatic carbocycles. The van der Waals surface area contributed by atoms with Crippen LogP contribution in [-0.4, -0.2) is 46.8 Å². The van der Waals surface area contributed by atoms with E-state index >= 15 is 0 Å². The molecule has 0 spiro atoms. The van der Waals surface area contributed by atoms with Crippen LogP contribution < -0.4 is 5.32 Å². The van der Waals surface area contributed by atoms with E-state index in [0.717, 1.165) is 30.9 Å². The summed E-state index contributed by atoms with van der Waals surface area (Å²) in [6, 6.07) is 7.64. The van der Waals surface area contributed by atoms with E-state index in [1.807, 2.05) is 43.1 Å². The van der Waals surface area contributed by atoms with Gasteiger partial charge in [-0.1, -0.05) is 11.6 Å². The first kappa shape index (κ1) is 15.1. The molecule has 5 nitrogen and oxygen atoms in total. The van der Waals surface area contributed by atoms with E-state index in [1.54, 1.807) is 10.9 Å². The average molecular weight is 319 g/mol. The second kappa shape index (κ2) is 6.10. The maximum absolute atomic E-state index is 12.7.